The Balaban J connectivity index is 1.72. The molecule has 108 valence electrons. The normalized spacial score (nSPS) is 15.9. The number of piperidine rings is 1. The van der Waals surface area contributed by atoms with Crippen LogP contribution in [0.4, 0.5) is 0 Å². The number of nitrogens with zero attached hydrogens (tertiary/aromatic N) is 2. The minimum absolute atomic E-state index is 0.0669. The minimum atomic E-state index is -0.108. The molecule has 1 aliphatic heterocycles. The van der Waals surface area contributed by atoms with Crippen molar-refractivity contribution in [3.05, 3.63) is 42.4 Å². The Morgan fingerprint density at radius 1 is 1.24 bits per heavy atom. The molecule has 0 aliphatic carbocycles. The van der Waals surface area contributed by atoms with Crippen molar-refractivity contribution in [3.63, 3.8) is 0 Å². The number of benzene rings is 1. The predicted molar refractivity (Wildman–Crippen MR) is 76.6 cm³/mol. The Morgan fingerprint density at radius 3 is 2.62 bits per heavy atom. The maximum absolute atomic E-state index is 12.4. The smallest absolute Gasteiger partial charge is 0.263 e. The Bertz CT molecular complexity index is 628. The number of ketones is 1. The van der Waals surface area contributed by atoms with Crippen LogP contribution in [0.3, 0.4) is 0 Å². The van der Waals surface area contributed by atoms with Gasteiger partial charge in [-0.05, 0) is 12.8 Å². The summed E-state index contributed by atoms with van der Waals surface area (Å²) in [5.41, 5.74) is 0.903. The first-order valence-corrected chi connectivity index (χ1v) is 7.03. The highest BCUT2D eigenvalue weighted by Crippen LogP contribution is 2.24. The predicted octanol–water partition coefficient (Wildman–Crippen LogP) is 2.39. The zero-order valence-corrected chi connectivity index (χ0v) is 11.6. The van der Waals surface area contributed by atoms with E-state index in [4.69, 9.17) is 4.42 Å². The highest BCUT2D eigenvalue weighted by Gasteiger charge is 2.28. The summed E-state index contributed by atoms with van der Waals surface area (Å²) in [7, 11) is 0. The molecule has 21 heavy (non-hydrogen) atoms. The molecule has 5 nitrogen and oxygen atoms in total. The number of hydrogen-bond acceptors (Lipinski definition) is 4. The summed E-state index contributed by atoms with van der Waals surface area (Å²) in [5, 5.41) is 0. The van der Waals surface area contributed by atoms with E-state index in [0.717, 1.165) is 12.0 Å². The number of likely N-dealkylation sites (tertiary alicyclic amines) is 1. The summed E-state index contributed by atoms with van der Waals surface area (Å²) in [5.74, 6) is 0.592. The van der Waals surface area contributed by atoms with Gasteiger partial charge in [0.25, 0.3) is 5.89 Å². The van der Waals surface area contributed by atoms with Crippen LogP contribution in [0, 0.1) is 5.92 Å². The number of Topliss-reactive ketones (excluding diaryl/α,β-unsaturated/α-hetero) is 1. The van der Waals surface area contributed by atoms with E-state index in [1.807, 2.05) is 30.3 Å². The topological polar surface area (TPSA) is 63.4 Å². The van der Waals surface area contributed by atoms with Crippen molar-refractivity contribution in [1.82, 2.24) is 9.88 Å². The van der Waals surface area contributed by atoms with Gasteiger partial charge in [0, 0.05) is 24.6 Å². The molecule has 2 heterocycles. The molecule has 0 radical (unpaired) electrons. The highest BCUT2D eigenvalue weighted by molar-refractivity contribution is 5.94. The molecule has 0 saturated carbocycles. The van der Waals surface area contributed by atoms with Crippen molar-refractivity contribution in [2.45, 2.75) is 12.8 Å². The van der Waals surface area contributed by atoms with Gasteiger partial charge in [0.15, 0.2) is 5.76 Å². The van der Waals surface area contributed by atoms with Crippen LogP contribution in [0.2, 0.25) is 0 Å². The van der Waals surface area contributed by atoms with Gasteiger partial charge >= 0.3 is 0 Å². The lowest BCUT2D eigenvalue weighted by molar-refractivity contribution is -0.119. The Labute approximate surface area is 122 Å². The number of hydrogen-bond donors (Lipinski definition) is 0. The zero-order valence-electron chi connectivity index (χ0n) is 11.6. The van der Waals surface area contributed by atoms with Crippen LogP contribution < -0.4 is 0 Å². The maximum atomic E-state index is 12.4. The third-order valence-corrected chi connectivity index (χ3v) is 3.82. The summed E-state index contributed by atoms with van der Waals surface area (Å²) in [4.78, 5) is 28.8. The molecule has 0 unspecified atom stereocenters. The van der Waals surface area contributed by atoms with E-state index in [1.54, 1.807) is 11.1 Å². The van der Waals surface area contributed by atoms with Gasteiger partial charge in [-0.2, -0.15) is 0 Å². The monoisotopic (exact) mass is 284 g/mol. The van der Waals surface area contributed by atoms with Gasteiger partial charge in [0.05, 0.1) is 6.20 Å². The largest absolute Gasteiger partial charge is 0.434 e. The van der Waals surface area contributed by atoms with Crippen LogP contribution in [-0.4, -0.2) is 35.2 Å². The lowest BCUT2D eigenvalue weighted by atomic mass is 9.93. The van der Waals surface area contributed by atoms with E-state index in [2.05, 4.69) is 4.98 Å². The van der Waals surface area contributed by atoms with E-state index >= 15 is 0 Å². The van der Waals surface area contributed by atoms with Crippen LogP contribution in [0.1, 0.15) is 23.5 Å². The van der Waals surface area contributed by atoms with Crippen LogP contribution in [0.5, 0.6) is 0 Å². The van der Waals surface area contributed by atoms with E-state index in [1.165, 1.54) is 0 Å². The quantitative estimate of drug-likeness (QED) is 0.639. The summed E-state index contributed by atoms with van der Waals surface area (Å²) < 4.78 is 5.59. The van der Waals surface area contributed by atoms with Crippen LogP contribution >= 0.6 is 0 Å². The second kappa shape index (κ2) is 5.91. The Kier molecular flexibility index (Phi) is 3.81. The van der Waals surface area contributed by atoms with Crippen LogP contribution in [-0.2, 0) is 4.79 Å². The lowest BCUT2D eigenvalue weighted by Crippen LogP contribution is -2.35. The molecular weight excluding hydrogens is 268 g/mol. The average molecular weight is 284 g/mol. The van der Waals surface area contributed by atoms with E-state index in [9.17, 15) is 9.59 Å². The third kappa shape index (κ3) is 2.86. The molecule has 0 N–H and O–H groups in total. The molecule has 1 amide bonds. The number of aromatic nitrogens is 1. The molecule has 0 spiro atoms. The Hall–Kier alpha value is -2.43. The van der Waals surface area contributed by atoms with E-state index in [-0.39, 0.29) is 17.6 Å². The fourth-order valence-electron chi connectivity index (χ4n) is 2.57. The molecule has 0 atom stereocenters. The first kappa shape index (κ1) is 13.5. The van der Waals surface area contributed by atoms with E-state index < -0.39 is 0 Å². The molecule has 1 fully saturated rings. The van der Waals surface area contributed by atoms with Gasteiger partial charge in [-0.15, -0.1) is 0 Å². The molecule has 1 aliphatic rings. The summed E-state index contributed by atoms with van der Waals surface area (Å²) in [6.07, 6.45) is 3.75. The zero-order chi connectivity index (χ0) is 14.7. The standard InChI is InChI=1S/C16H16N2O3/c19-11-18-8-6-13(7-9-18)15(20)16-17-10-14(21-16)12-4-2-1-3-5-12/h1-5,10-11,13H,6-9H2. The van der Waals surface area contributed by atoms with Crippen molar-refractivity contribution >= 4 is 12.2 Å². The van der Waals surface area contributed by atoms with Crippen molar-refractivity contribution < 1.29 is 14.0 Å². The van der Waals surface area contributed by atoms with Gasteiger partial charge in [0.1, 0.15) is 0 Å². The number of carbonyl (C=O) groups excluding carboxylic acids is 2. The van der Waals surface area contributed by atoms with Crippen molar-refractivity contribution in [2.24, 2.45) is 5.92 Å². The van der Waals surface area contributed by atoms with Gasteiger partial charge in [-0.3, -0.25) is 9.59 Å². The first-order valence-electron chi connectivity index (χ1n) is 7.03. The molecule has 3 rings (SSSR count). The molecule has 0 bridgehead atoms. The molecule has 2 aromatic rings. The van der Waals surface area contributed by atoms with Gasteiger partial charge < -0.3 is 9.32 Å². The fraction of sp³-hybridized carbons (Fsp3) is 0.312. The SMILES string of the molecule is O=CN1CCC(C(=O)c2ncc(-c3ccccc3)o2)CC1. The average Bonchev–Trinajstić information content (AvgIpc) is 3.05. The van der Waals surface area contributed by atoms with Crippen molar-refractivity contribution in [3.8, 4) is 11.3 Å². The van der Waals surface area contributed by atoms with Crippen LogP contribution in [0.15, 0.2) is 40.9 Å². The molecule has 1 aromatic carbocycles. The fourth-order valence-corrected chi connectivity index (χ4v) is 2.57. The molecule has 1 aromatic heterocycles. The number of oxazole rings is 1. The van der Waals surface area contributed by atoms with Gasteiger partial charge in [0.2, 0.25) is 12.2 Å². The minimum Gasteiger partial charge on any atom is -0.434 e. The number of amides is 1. The number of carbonyl (C=O) groups is 2. The third-order valence-electron chi connectivity index (χ3n) is 3.82. The number of rotatable bonds is 4. The first-order chi connectivity index (χ1) is 10.3. The molecular formula is C16H16N2O3. The summed E-state index contributed by atoms with van der Waals surface area (Å²) in [6, 6.07) is 9.57. The van der Waals surface area contributed by atoms with E-state index in [0.29, 0.717) is 31.7 Å². The van der Waals surface area contributed by atoms with Gasteiger partial charge in [-0.1, -0.05) is 30.3 Å². The van der Waals surface area contributed by atoms with Crippen LogP contribution in [0.25, 0.3) is 11.3 Å². The van der Waals surface area contributed by atoms with Crippen molar-refractivity contribution in [2.75, 3.05) is 13.1 Å². The molecule has 1 saturated heterocycles. The summed E-state index contributed by atoms with van der Waals surface area (Å²) >= 11 is 0. The highest BCUT2D eigenvalue weighted by atomic mass is 16.4. The summed E-state index contributed by atoms with van der Waals surface area (Å²) in [6.45, 7) is 1.23. The van der Waals surface area contributed by atoms with Crippen molar-refractivity contribution in [1.29, 1.82) is 0 Å². The Morgan fingerprint density at radius 2 is 1.95 bits per heavy atom. The second-order valence-corrected chi connectivity index (χ2v) is 5.18. The lowest BCUT2D eigenvalue weighted by Gasteiger charge is -2.27. The maximum Gasteiger partial charge on any atom is 0.263 e. The molecule has 5 heteroatoms. The van der Waals surface area contributed by atoms with Gasteiger partial charge in [-0.25, -0.2) is 4.98 Å². The second-order valence-electron chi connectivity index (χ2n) is 5.18.